The van der Waals surface area contributed by atoms with Crippen molar-refractivity contribution in [1.29, 1.82) is 0 Å². The van der Waals surface area contributed by atoms with Crippen LogP contribution >= 0.6 is 0 Å². The van der Waals surface area contributed by atoms with Gasteiger partial charge in [-0.15, -0.1) is 0 Å². The minimum absolute atomic E-state index is 0.529. The van der Waals surface area contributed by atoms with Gasteiger partial charge in [0.25, 0.3) is 0 Å². The van der Waals surface area contributed by atoms with E-state index in [-0.39, 0.29) is 0 Å². The van der Waals surface area contributed by atoms with E-state index >= 15 is 0 Å². The molecule has 1 heterocycles. The van der Waals surface area contributed by atoms with Crippen LogP contribution < -0.4 is 5.73 Å². The van der Waals surface area contributed by atoms with Gasteiger partial charge < -0.3 is 10.7 Å². The molecule has 1 unspecified atom stereocenters. The lowest BCUT2D eigenvalue weighted by Crippen LogP contribution is -2.03. The summed E-state index contributed by atoms with van der Waals surface area (Å²) in [5.74, 6) is 0.572. The molecule has 1 aromatic rings. The van der Waals surface area contributed by atoms with Crippen LogP contribution in [0.1, 0.15) is 50.9 Å². The average Bonchev–Trinajstić information content (AvgIpc) is 2.85. The number of nitrogens with zero attached hydrogens (tertiary/aromatic N) is 1. The molecular weight excluding hydrogens is 270 g/mol. The van der Waals surface area contributed by atoms with E-state index in [0.29, 0.717) is 12.5 Å². The first kappa shape index (κ1) is 18.4. The molecule has 0 spiro atoms. The van der Waals surface area contributed by atoms with Crippen molar-refractivity contribution in [2.75, 3.05) is 6.54 Å². The minimum Gasteiger partial charge on any atom is -0.364 e. The predicted molar refractivity (Wildman–Crippen MR) is 97.5 cm³/mol. The number of H-pyrrole nitrogens is 1. The number of rotatable bonds is 8. The van der Waals surface area contributed by atoms with E-state index in [0.717, 1.165) is 30.7 Å². The van der Waals surface area contributed by atoms with E-state index in [4.69, 9.17) is 10.7 Å². The molecule has 0 amide bonds. The number of aryl methyl sites for hydroxylation is 1. The van der Waals surface area contributed by atoms with Crippen LogP contribution in [0.4, 0.5) is 0 Å². The maximum Gasteiger partial charge on any atom is 0.0448 e. The highest BCUT2D eigenvalue weighted by molar-refractivity contribution is 5.97. The maximum absolute atomic E-state index is 5.58. The molecule has 0 saturated heterocycles. The molecule has 1 atom stereocenters. The number of hydrogen-bond donors (Lipinski definition) is 2. The number of aliphatic imine (C=N–C) groups is 1. The minimum atomic E-state index is 0.529. The van der Waals surface area contributed by atoms with Gasteiger partial charge in [0, 0.05) is 36.3 Å². The molecule has 3 nitrogen and oxygen atoms in total. The monoisotopic (exact) mass is 301 g/mol. The van der Waals surface area contributed by atoms with E-state index in [1.807, 2.05) is 13.0 Å². The molecular formula is C19H31N3. The molecule has 0 aliphatic rings. The van der Waals surface area contributed by atoms with Crippen molar-refractivity contribution in [1.82, 2.24) is 4.98 Å². The van der Waals surface area contributed by atoms with Crippen LogP contribution in [-0.2, 0) is 12.8 Å². The Balaban J connectivity index is 3.01. The van der Waals surface area contributed by atoms with Crippen LogP contribution in [-0.4, -0.2) is 17.2 Å². The van der Waals surface area contributed by atoms with Crippen LogP contribution in [0.5, 0.6) is 0 Å². The molecule has 22 heavy (non-hydrogen) atoms. The van der Waals surface area contributed by atoms with Crippen LogP contribution in [0.2, 0.25) is 0 Å². The summed E-state index contributed by atoms with van der Waals surface area (Å²) in [6.45, 7) is 11.3. The van der Waals surface area contributed by atoms with Crippen molar-refractivity contribution in [3.63, 3.8) is 0 Å². The molecule has 3 N–H and O–H groups in total. The molecule has 0 bridgehead atoms. The van der Waals surface area contributed by atoms with Gasteiger partial charge in [-0.1, -0.05) is 33.3 Å². The zero-order chi connectivity index (χ0) is 16.5. The Labute approximate surface area is 135 Å². The quantitative estimate of drug-likeness (QED) is 0.690. The van der Waals surface area contributed by atoms with Gasteiger partial charge in [-0.2, -0.15) is 0 Å². The summed E-state index contributed by atoms with van der Waals surface area (Å²) in [6.07, 6.45) is 11.5. The van der Waals surface area contributed by atoms with Crippen molar-refractivity contribution in [2.24, 2.45) is 16.6 Å². The summed E-state index contributed by atoms with van der Waals surface area (Å²) in [6, 6.07) is 0. The van der Waals surface area contributed by atoms with Crippen molar-refractivity contribution in [3.8, 4) is 0 Å². The zero-order valence-electron chi connectivity index (χ0n) is 14.7. The molecule has 0 aromatic carbocycles. The maximum atomic E-state index is 5.58. The summed E-state index contributed by atoms with van der Waals surface area (Å²) in [4.78, 5) is 8.11. The van der Waals surface area contributed by atoms with Crippen LogP contribution in [0.15, 0.2) is 35.1 Å². The predicted octanol–water partition coefficient (Wildman–Crippen LogP) is 4.33. The number of hydrogen-bond acceptors (Lipinski definition) is 2. The third-order valence-corrected chi connectivity index (χ3v) is 4.07. The highest BCUT2D eigenvalue weighted by Gasteiger charge is 2.08. The van der Waals surface area contributed by atoms with Crippen molar-refractivity contribution < 1.29 is 0 Å². The summed E-state index contributed by atoms with van der Waals surface area (Å²) < 4.78 is 0. The highest BCUT2D eigenvalue weighted by atomic mass is 14.8. The number of nitrogens with one attached hydrogen (secondary N) is 1. The van der Waals surface area contributed by atoms with Gasteiger partial charge in [0.1, 0.15) is 0 Å². The SMILES string of the molecule is CCc1[nH]cc(CC(/C=C/C(C)CC)=N/C(C)=C\CN)c1C. The fourth-order valence-electron chi connectivity index (χ4n) is 2.32. The number of allylic oxidation sites excluding steroid dienone is 3. The standard InChI is InChI=1S/C19H31N3/c1-6-14(3)8-9-18(22-15(4)10-11-20)12-17-13-21-19(7-2)16(17)5/h8-10,13-14,21H,6-7,11-12,20H2,1-5H3/b9-8+,15-10-,22-18+. The lowest BCUT2D eigenvalue weighted by molar-refractivity contribution is 0.699. The first-order chi connectivity index (χ1) is 10.5. The third-order valence-electron chi connectivity index (χ3n) is 4.07. The van der Waals surface area contributed by atoms with E-state index in [1.165, 1.54) is 16.8 Å². The molecule has 1 rings (SSSR count). The zero-order valence-corrected chi connectivity index (χ0v) is 14.7. The van der Waals surface area contributed by atoms with Gasteiger partial charge in [-0.25, -0.2) is 0 Å². The van der Waals surface area contributed by atoms with Crippen LogP contribution in [0, 0.1) is 12.8 Å². The van der Waals surface area contributed by atoms with Gasteiger partial charge in [0.15, 0.2) is 0 Å². The Morgan fingerprint density at radius 1 is 1.41 bits per heavy atom. The van der Waals surface area contributed by atoms with E-state index < -0.39 is 0 Å². The summed E-state index contributed by atoms with van der Waals surface area (Å²) in [7, 11) is 0. The van der Waals surface area contributed by atoms with Crippen molar-refractivity contribution >= 4 is 5.71 Å². The second-order valence-electron chi connectivity index (χ2n) is 5.88. The average molecular weight is 301 g/mol. The first-order valence-corrected chi connectivity index (χ1v) is 8.30. The van der Waals surface area contributed by atoms with Crippen LogP contribution in [0.3, 0.4) is 0 Å². The summed E-state index contributed by atoms with van der Waals surface area (Å²) in [5, 5.41) is 0. The number of aromatic amines is 1. The molecule has 3 heteroatoms. The van der Waals surface area contributed by atoms with E-state index in [1.54, 1.807) is 0 Å². The Morgan fingerprint density at radius 3 is 2.68 bits per heavy atom. The van der Waals surface area contributed by atoms with Gasteiger partial charge in [0.05, 0.1) is 0 Å². The smallest absolute Gasteiger partial charge is 0.0448 e. The van der Waals surface area contributed by atoms with Crippen LogP contribution in [0.25, 0.3) is 0 Å². The van der Waals surface area contributed by atoms with Gasteiger partial charge in [-0.3, -0.25) is 4.99 Å². The third kappa shape index (κ3) is 5.64. The molecule has 0 saturated carbocycles. The van der Waals surface area contributed by atoms with E-state index in [9.17, 15) is 0 Å². The second kappa shape index (κ2) is 9.42. The Bertz CT molecular complexity index is 547. The lowest BCUT2D eigenvalue weighted by atomic mass is 10.0. The molecule has 1 aromatic heterocycles. The van der Waals surface area contributed by atoms with Gasteiger partial charge >= 0.3 is 0 Å². The summed E-state index contributed by atoms with van der Waals surface area (Å²) >= 11 is 0. The molecule has 122 valence electrons. The molecule has 0 aliphatic carbocycles. The van der Waals surface area contributed by atoms with Gasteiger partial charge in [0.2, 0.25) is 0 Å². The lowest BCUT2D eigenvalue weighted by Gasteiger charge is -2.05. The Kier molecular flexibility index (Phi) is 7.89. The van der Waals surface area contributed by atoms with Crippen molar-refractivity contribution in [3.05, 3.63) is 46.9 Å². The number of aromatic nitrogens is 1. The fourth-order valence-corrected chi connectivity index (χ4v) is 2.32. The largest absolute Gasteiger partial charge is 0.364 e. The summed E-state index contributed by atoms with van der Waals surface area (Å²) in [5.41, 5.74) is 11.6. The van der Waals surface area contributed by atoms with Gasteiger partial charge in [-0.05, 0) is 49.5 Å². The van der Waals surface area contributed by atoms with E-state index in [2.05, 4.69) is 51.0 Å². The Morgan fingerprint density at radius 2 is 2.14 bits per heavy atom. The molecule has 0 fully saturated rings. The fraction of sp³-hybridized carbons (Fsp3) is 0.526. The topological polar surface area (TPSA) is 54.2 Å². The first-order valence-electron chi connectivity index (χ1n) is 8.30. The number of nitrogens with two attached hydrogens (primary N) is 1. The Hall–Kier alpha value is -1.61. The molecule has 0 radical (unpaired) electrons. The highest BCUT2D eigenvalue weighted by Crippen LogP contribution is 2.16. The van der Waals surface area contributed by atoms with Crippen molar-refractivity contribution in [2.45, 2.75) is 53.9 Å². The second-order valence-corrected chi connectivity index (χ2v) is 5.88. The molecule has 0 aliphatic heterocycles. The normalized spacial score (nSPS) is 14.8.